The number of aromatic nitrogens is 3. The number of fused-ring (bicyclic) bond motifs is 1. The van der Waals surface area contributed by atoms with Gasteiger partial charge in [0.15, 0.2) is 11.5 Å². The molecule has 1 saturated heterocycles. The highest BCUT2D eigenvalue weighted by atomic mass is 16.5. The minimum absolute atomic E-state index is 0.200. The van der Waals surface area contributed by atoms with Crippen molar-refractivity contribution in [3.05, 3.63) is 30.2 Å². The number of morpholine rings is 1. The molecule has 0 aliphatic carbocycles. The van der Waals surface area contributed by atoms with Crippen molar-refractivity contribution < 1.29 is 9.53 Å². The predicted molar refractivity (Wildman–Crippen MR) is 94.3 cm³/mol. The van der Waals surface area contributed by atoms with E-state index in [0.29, 0.717) is 18.9 Å². The molecule has 1 fully saturated rings. The van der Waals surface area contributed by atoms with Crippen molar-refractivity contribution >= 4 is 11.7 Å². The third-order valence-corrected chi connectivity index (χ3v) is 4.42. The van der Waals surface area contributed by atoms with Crippen molar-refractivity contribution in [1.82, 2.24) is 30.1 Å². The third kappa shape index (κ3) is 4.46. The van der Waals surface area contributed by atoms with Gasteiger partial charge >= 0.3 is 6.03 Å². The zero-order chi connectivity index (χ0) is 17.8. The maximum Gasteiger partial charge on any atom is 0.315 e. The maximum absolute atomic E-state index is 12.1. The number of carbonyl (C=O) groups excluding carboxylic acids is 1. The first-order valence-electron chi connectivity index (χ1n) is 8.72. The van der Waals surface area contributed by atoms with Crippen molar-refractivity contribution in [2.45, 2.75) is 45.6 Å². The van der Waals surface area contributed by atoms with Crippen LogP contribution >= 0.6 is 0 Å². The zero-order valence-electron chi connectivity index (χ0n) is 15.0. The summed E-state index contributed by atoms with van der Waals surface area (Å²) in [5, 5.41) is 13.9. The number of urea groups is 1. The molecule has 1 aliphatic heterocycles. The fraction of sp³-hybridized carbons (Fsp3) is 0.588. The topological polar surface area (TPSA) is 83.8 Å². The van der Waals surface area contributed by atoms with Crippen LogP contribution in [0.1, 0.15) is 26.6 Å². The molecule has 2 N–H and O–H groups in total. The fourth-order valence-electron chi connectivity index (χ4n) is 3.18. The van der Waals surface area contributed by atoms with Gasteiger partial charge in [-0.1, -0.05) is 6.07 Å². The Bertz CT molecular complexity index is 708. The highest BCUT2D eigenvalue weighted by molar-refractivity contribution is 5.73. The molecule has 0 aromatic carbocycles. The van der Waals surface area contributed by atoms with Crippen molar-refractivity contribution in [2.75, 3.05) is 19.6 Å². The lowest BCUT2D eigenvalue weighted by atomic mass is 10.2. The first-order valence-corrected chi connectivity index (χ1v) is 8.72. The molecule has 3 atom stereocenters. The van der Waals surface area contributed by atoms with E-state index in [1.54, 1.807) is 0 Å². The maximum atomic E-state index is 12.1. The van der Waals surface area contributed by atoms with Crippen molar-refractivity contribution in [3.8, 4) is 0 Å². The first-order chi connectivity index (χ1) is 12.0. The van der Waals surface area contributed by atoms with Crippen LogP contribution in [0.4, 0.5) is 4.79 Å². The van der Waals surface area contributed by atoms with Crippen LogP contribution in [-0.2, 0) is 11.3 Å². The Balaban J connectivity index is 1.45. The summed E-state index contributed by atoms with van der Waals surface area (Å²) in [5.74, 6) is 0.703. The second kappa shape index (κ2) is 7.79. The molecule has 0 radical (unpaired) electrons. The average molecular weight is 346 g/mol. The molecule has 2 aromatic rings. The van der Waals surface area contributed by atoms with Crippen LogP contribution < -0.4 is 10.6 Å². The molecule has 3 rings (SSSR count). The van der Waals surface area contributed by atoms with Gasteiger partial charge < -0.3 is 15.4 Å². The highest BCUT2D eigenvalue weighted by Crippen LogP contribution is 2.13. The fourth-order valence-corrected chi connectivity index (χ4v) is 3.18. The van der Waals surface area contributed by atoms with Gasteiger partial charge in [0.1, 0.15) is 0 Å². The van der Waals surface area contributed by atoms with Gasteiger partial charge in [0.25, 0.3) is 0 Å². The smallest absolute Gasteiger partial charge is 0.315 e. The van der Waals surface area contributed by atoms with E-state index in [1.807, 2.05) is 28.8 Å². The van der Waals surface area contributed by atoms with Crippen LogP contribution in [0.3, 0.4) is 0 Å². The Morgan fingerprint density at radius 2 is 2.04 bits per heavy atom. The Kier molecular flexibility index (Phi) is 5.50. The minimum Gasteiger partial charge on any atom is -0.373 e. The van der Waals surface area contributed by atoms with Crippen LogP contribution in [0, 0.1) is 0 Å². The zero-order valence-corrected chi connectivity index (χ0v) is 15.0. The molecule has 0 spiro atoms. The number of nitrogens with one attached hydrogen (secondary N) is 2. The summed E-state index contributed by atoms with van der Waals surface area (Å²) in [7, 11) is 0. The summed E-state index contributed by atoms with van der Waals surface area (Å²) < 4.78 is 7.61. The largest absolute Gasteiger partial charge is 0.373 e. The number of ether oxygens (including phenoxy) is 1. The quantitative estimate of drug-likeness (QED) is 0.845. The highest BCUT2D eigenvalue weighted by Gasteiger charge is 2.25. The van der Waals surface area contributed by atoms with Crippen molar-refractivity contribution in [3.63, 3.8) is 0 Å². The van der Waals surface area contributed by atoms with E-state index in [2.05, 4.69) is 46.5 Å². The number of hydrogen-bond acceptors (Lipinski definition) is 5. The molecule has 136 valence electrons. The van der Waals surface area contributed by atoms with E-state index in [1.165, 1.54) is 0 Å². The van der Waals surface area contributed by atoms with Gasteiger partial charge in [-0.15, -0.1) is 10.2 Å². The molecule has 0 bridgehead atoms. The van der Waals surface area contributed by atoms with Gasteiger partial charge in [-0.2, -0.15) is 0 Å². The van der Waals surface area contributed by atoms with Gasteiger partial charge in [0.2, 0.25) is 0 Å². The molecular weight excluding hydrogens is 320 g/mol. The normalized spacial score (nSPS) is 22.7. The Morgan fingerprint density at radius 1 is 1.28 bits per heavy atom. The van der Waals surface area contributed by atoms with E-state index in [0.717, 1.165) is 18.7 Å². The van der Waals surface area contributed by atoms with Crippen LogP contribution in [0.2, 0.25) is 0 Å². The predicted octanol–water partition coefficient (Wildman–Crippen LogP) is 1.03. The third-order valence-electron chi connectivity index (χ3n) is 4.42. The summed E-state index contributed by atoms with van der Waals surface area (Å²) in [6.07, 6.45) is 2.33. The molecule has 0 saturated carbocycles. The number of pyridine rings is 1. The van der Waals surface area contributed by atoms with Gasteiger partial charge in [-0.3, -0.25) is 9.30 Å². The summed E-state index contributed by atoms with van der Waals surface area (Å²) in [6.45, 7) is 8.98. The number of carbonyl (C=O) groups is 1. The lowest BCUT2D eigenvalue weighted by Crippen LogP contribution is -2.53. The summed E-state index contributed by atoms with van der Waals surface area (Å²) in [6, 6.07) is 5.75. The van der Waals surface area contributed by atoms with Crippen LogP contribution in [0.15, 0.2) is 24.4 Å². The lowest BCUT2D eigenvalue weighted by molar-refractivity contribution is -0.0778. The minimum atomic E-state index is -0.200. The lowest BCUT2D eigenvalue weighted by Gasteiger charge is -2.38. The number of rotatable bonds is 5. The van der Waals surface area contributed by atoms with Gasteiger partial charge in [-0.25, -0.2) is 4.79 Å². The van der Waals surface area contributed by atoms with Crippen LogP contribution in [-0.4, -0.2) is 63.4 Å². The van der Waals surface area contributed by atoms with Gasteiger partial charge in [-0.05, 0) is 32.9 Å². The second-order valence-electron chi connectivity index (χ2n) is 6.67. The van der Waals surface area contributed by atoms with E-state index in [4.69, 9.17) is 4.74 Å². The van der Waals surface area contributed by atoms with Gasteiger partial charge in [0, 0.05) is 31.9 Å². The monoisotopic (exact) mass is 346 g/mol. The Hall–Kier alpha value is -2.19. The molecule has 1 aliphatic rings. The Labute approximate surface area is 147 Å². The molecule has 0 unspecified atom stereocenters. The molecule has 8 nitrogen and oxygen atoms in total. The SMILES string of the molecule is C[C@@H]1CN([C@@H](C)CNC(=O)NCc2nnc3ccccn23)C[C@@H](C)O1. The Morgan fingerprint density at radius 3 is 2.80 bits per heavy atom. The van der Waals surface area contributed by atoms with E-state index < -0.39 is 0 Å². The number of hydrogen-bond donors (Lipinski definition) is 2. The summed E-state index contributed by atoms with van der Waals surface area (Å²) >= 11 is 0. The first kappa shape index (κ1) is 17.6. The molecular formula is C17H26N6O2. The molecule has 2 aromatic heterocycles. The number of nitrogens with zero attached hydrogens (tertiary/aromatic N) is 4. The van der Waals surface area contributed by atoms with E-state index in [-0.39, 0.29) is 24.3 Å². The van der Waals surface area contributed by atoms with E-state index >= 15 is 0 Å². The summed E-state index contributed by atoms with van der Waals surface area (Å²) in [4.78, 5) is 14.4. The van der Waals surface area contributed by atoms with E-state index in [9.17, 15) is 4.79 Å². The number of amides is 2. The van der Waals surface area contributed by atoms with Crippen molar-refractivity contribution in [2.24, 2.45) is 0 Å². The summed E-state index contributed by atoms with van der Waals surface area (Å²) in [5.41, 5.74) is 0.767. The molecule has 2 amide bonds. The van der Waals surface area contributed by atoms with Crippen LogP contribution in [0.25, 0.3) is 5.65 Å². The molecule has 8 heteroatoms. The second-order valence-corrected chi connectivity index (χ2v) is 6.67. The standard InChI is InChI=1S/C17H26N6O2/c1-12(22-10-13(2)25-14(3)11-22)8-18-17(24)19-9-16-21-20-15-6-4-5-7-23(15)16/h4-7,12-14H,8-11H2,1-3H3,(H2,18,19,24)/t12-,13+,14+/m0/s1. The van der Waals surface area contributed by atoms with Crippen molar-refractivity contribution in [1.29, 1.82) is 0 Å². The van der Waals surface area contributed by atoms with Gasteiger partial charge in [0.05, 0.1) is 18.8 Å². The van der Waals surface area contributed by atoms with Crippen LogP contribution in [0.5, 0.6) is 0 Å². The molecule has 3 heterocycles. The average Bonchev–Trinajstić information content (AvgIpc) is 3.00. The molecule has 25 heavy (non-hydrogen) atoms.